The Morgan fingerprint density at radius 1 is 0.730 bits per heavy atom. The van der Waals surface area contributed by atoms with Crippen LogP contribution in [-0.2, 0) is 0 Å². The standard InChI is InChI=1S/C35H55FO/c1-4-6-7-9-27-10-12-28(13-11-27)24-34(37)32-22-23-33(35(36)25(32)3)31-20-18-30(19-21-31)29-16-14-26(8-5-2)15-17-29/h22-23,26-31H,4-21,24H2,1-3H3. The maximum atomic E-state index is 15.6. The number of halogens is 1. The van der Waals surface area contributed by atoms with E-state index < -0.39 is 0 Å². The second kappa shape index (κ2) is 14.3. The average Bonchev–Trinajstić information content (AvgIpc) is 2.92. The number of benzene rings is 1. The fraction of sp³-hybridized carbons (Fsp3) is 0.800. The van der Waals surface area contributed by atoms with Crippen LogP contribution in [0.5, 0.6) is 0 Å². The Hall–Kier alpha value is -1.18. The summed E-state index contributed by atoms with van der Waals surface area (Å²) in [6, 6.07) is 3.94. The van der Waals surface area contributed by atoms with Crippen molar-refractivity contribution in [3.63, 3.8) is 0 Å². The van der Waals surface area contributed by atoms with Crippen molar-refractivity contribution < 1.29 is 9.18 Å². The van der Waals surface area contributed by atoms with Gasteiger partial charge in [-0.1, -0.05) is 90.2 Å². The molecule has 37 heavy (non-hydrogen) atoms. The first-order valence-corrected chi connectivity index (χ1v) is 16.3. The molecular weight excluding hydrogens is 455 g/mol. The molecule has 0 heterocycles. The fourth-order valence-corrected chi connectivity index (χ4v) is 8.36. The minimum atomic E-state index is -0.0889. The van der Waals surface area contributed by atoms with E-state index in [0.29, 0.717) is 29.4 Å². The van der Waals surface area contributed by atoms with Gasteiger partial charge in [0.2, 0.25) is 0 Å². The molecule has 0 aliphatic heterocycles. The van der Waals surface area contributed by atoms with Gasteiger partial charge in [0.25, 0.3) is 0 Å². The largest absolute Gasteiger partial charge is 0.294 e. The normalized spacial score (nSPS) is 30.8. The van der Waals surface area contributed by atoms with Crippen molar-refractivity contribution in [2.45, 2.75) is 149 Å². The lowest BCUT2D eigenvalue weighted by Crippen LogP contribution is -2.25. The molecule has 0 radical (unpaired) electrons. The number of ketones is 1. The van der Waals surface area contributed by atoms with Gasteiger partial charge in [-0.2, -0.15) is 0 Å². The quantitative estimate of drug-likeness (QED) is 0.214. The Morgan fingerprint density at radius 2 is 1.30 bits per heavy atom. The van der Waals surface area contributed by atoms with Gasteiger partial charge in [-0.15, -0.1) is 0 Å². The van der Waals surface area contributed by atoms with Crippen LogP contribution < -0.4 is 0 Å². The molecule has 3 aliphatic rings. The summed E-state index contributed by atoms with van der Waals surface area (Å²) in [7, 11) is 0. The van der Waals surface area contributed by atoms with Crippen molar-refractivity contribution in [1.82, 2.24) is 0 Å². The van der Waals surface area contributed by atoms with Crippen molar-refractivity contribution >= 4 is 5.78 Å². The monoisotopic (exact) mass is 510 g/mol. The van der Waals surface area contributed by atoms with Gasteiger partial charge in [-0.3, -0.25) is 4.79 Å². The number of carbonyl (C=O) groups is 1. The summed E-state index contributed by atoms with van der Waals surface area (Å²) in [5.41, 5.74) is 2.13. The van der Waals surface area contributed by atoms with E-state index in [2.05, 4.69) is 13.8 Å². The van der Waals surface area contributed by atoms with Crippen LogP contribution in [0.15, 0.2) is 12.1 Å². The van der Waals surface area contributed by atoms with Crippen LogP contribution in [0, 0.1) is 42.3 Å². The molecule has 1 nitrogen and oxygen atoms in total. The Bertz CT molecular complexity index is 835. The van der Waals surface area contributed by atoms with Gasteiger partial charge >= 0.3 is 0 Å². The molecule has 1 aromatic rings. The van der Waals surface area contributed by atoms with Crippen LogP contribution in [0.25, 0.3) is 0 Å². The lowest BCUT2D eigenvalue weighted by molar-refractivity contribution is 0.0940. The summed E-state index contributed by atoms with van der Waals surface area (Å²) in [5, 5.41) is 0. The van der Waals surface area contributed by atoms with Crippen LogP contribution in [0.1, 0.15) is 163 Å². The van der Waals surface area contributed by atoms with E-state index in [1.165, 1.54) is 103 Å². The molecule has 4 rings (SSSR count). The van der Waals surface area contributed by atoms with E-state index in [9.17, 15) is 4.79 Å². The smallest absolute Gasteiger partial charge is 0.163 e. The first kappa shape index (κ1) is 28.8. The molecule has 0 saturated heterocycles. The molecule has 0 atom stereocenters. The maximum Gasteiger partial charge on any atom is 0.163 e. The SMILES string of the molecule is CCCCCC1CCC(CC(=O)c2ccc(C3CCC(C4CCC(CCC)CC4)CC3)c(F)c2C)CC1. The summed E-state index contributed by atoms with van der Waals surface area (Å²) in [6.45, 7) is 6.43. The van der Waals surface area contributed by atoms with Crippen LogP contribution in [0.2, 0.25) is 0 Å². The summed E-state index contributed by atoms with van der Waals surface area (Å²) in [4.78, 5) is 13.2. The van der Waals surface area contributed by atoms with Crippen LogP contribution in [-0.4, -0.2) is 5.78 Å². The van der Waals surface area contributed by atoms with E-state index >= 15 is 4.39 Å². The topological polar surface area (TPSA) is 17.1 Å². The summed E-state index contributed by atoms with van der Waals surface area (Å²) < 4.78 is 15.6. The molecular formula is C35H55FO. The minimum absolute atomic E-state index is 0.0889. The van der Waals surface area contributed by atoms with E-state index in [1.54, 1.807) is 0 Å². The predicted octanol–water partition coefficient (Wildman–Crippen LogP) is 11.0. The zero-order chi connectivity index (χ0) is 26.2. The van der Waals surface area contributed by atoms with Gasteiger partial charge in [0.05, 0.1) is 0 Å². The lowest BCUT2D eigenvalue weighted by atomic mass is 9.68. The van der Waals surface area contributed by atoms with Crippen LogP contribution in [0.4, 0.5) is 4.39 Å². The Morgan fingerprint density at radius 3 is 1.92 bits per heavy atom. The second-order valence-corrected chi connectivity index (χ2v) is 13.3. The molecule has 208 valence electrons. The third kappa shape index (κ3) is 7.69. The second-order valence-electron chi connectivity index (χ2n) is 13.3. The first-order chi connectivity index (χ1) is 18.0. The molecule has 0 aromatic heterocycles. The molecule has 0 bridgehead atoms. The number of hydrogen-bond donors (Lipinski definition) is 0. The third-order valence-corrected chi connectivity index (χ3v) is 10.8. The minimum Gasteiger partial charge on any atom is -0.294 e. The number of unbranched alkanes of at least 4 members (excludes halogenated alkanes) is 2. The molecule has 3 saturated carbocycles. The number of carbonyl (C=O) groups excluding carboxylic acids is 1. The van der Waals surface area contributed by atoms with Gasteiger partial charge in [-0.25, -0.2) is 4.39 Å². The summed E-state index contributed by atoms with van der Waals surface area (Å²) in [6.07, 6.45) is 24.1. The van der Waals surface area contributed by atoms with E-state index in [1.807, 2.05) is 19.1 Å². The Labute approximate surface area is 227 Å². The maximum absolute atomic E-state index is 15.6. The summed E-state index contributed by atoms with van der Waals surface area (Å²) in [5.74, 6) is 4.50. The van der Waals surface area contributed by atoms with Gasteiger partial charge in [0, 0.05) is 12.0 Å². The molecule has 3 aliphatic carbocycles. The Balaban J connectivity index is 1.26. The third-order valence-electron chi connectivity index (χ3n) is 10.8. The van der Waals surface area contributed by atoms with Gasteiger partial charge in [0.1, 0.15) is 5.82 Å². The van der Waals surface area contributed by atoms with Gasteiger partial charge < -0.3 is 0 Å². The van der Waals surface area contributed by atoms with Crippen LogP contribution in [0.3, 0.4) is 0 Å². The summed E-state index contributed by atoms with van der Waals surface area (Å²) >= 11 is 0. The zero-order valence-electron chi connectivity index (χ0n) is 24.3. The fourth-order valence-electron chi connectivity index (χ4n) is 8.36. The van der Waals surface area contributed by atoms with Gasteiger partial charge in [-0.05, 0) is 105 Å². The number of rotatable bonds is 11. The number of Topliss-reactive ketones (excluding diaryl/α,β-unsaturated/α-hetero) is 1. The predicted molar refractivity (Wildman–Crippen MR) is 155 cm³/mol. The zero-order valence-corrected chi connectivity index (χ0v) is 24.3. The molecule has 3 fully saturated rings. The highest BCUT2D eigenvalue weighted by atomic mass is 19.1. The molecule has 0 amide bonds. The van der Waals surface area contributed by atoms with Crippen molar-refractivity contribution in [3.05, 3.63) is 34.6 Å². The van der Waals surface area contributed by atoms with Gasteiger partial charge in [0.15, 0.2) is 5.78 Å². The molecule has 2 heteroatoms. The highest BCUT2D eigenvalue weighted by molar-refractivity contribution is 5.97. The van der Waals surface area contributed by atoms with Crippen molar-refractivity contribution in [2.75, 3.05) is 0 Å². The van der Waals surface area contributed by atoms with E-state index in [-0.39, 0.29) is 11.6 Å². The van der Waals surface area contributed by atoms with Crippen LogP contribution >= 0.6 is 0 Å². The van der Waals surface area contributed by atoms with Crippen molar-refractivity contribution in [2.24, 2.45) is 29.6 Å². The van der Waals surface area contributed by atoms with Crippen molar-refractivity contribution in [1.29, 1.82) is 0 Å². The number of hydrogen-bond acceptors (Lipinski definition) is 1. The van der Waals surface area contributed by atoms with E-state index in [0.717, 1.165) is 42.1 Å². The average molecular weight is 511 g/mol. The highest BCUT2D eigenvalue weighted by Gasteiger charge is 2.32. The molecule has 0 N–H and O–H groups in total. The van der Waals surface area contributed by atoms with E-state index in [4.69, 9.17) is 0 Å². The molecule has 0 unspecified atom stereocenters. The first-order valence-electron chi connectivity index (χ1n) is 16.3. The molecule has 0 spiro atoms. The lowest BCUT2D eigenvalue weighted by Gasteiger charge is -2.38. The van der Waals surface area contributed by atoms with Crippen molar-refractivity contribution in [3.8, 4) is 0 Å². The Kier molecular flexibility index (Phi) is 11.1. The molecule has 1 aromatic carbocycles. The highest BCUT2D eigenvalue weighted by Crippen LogP contribution is 2.45.